The molecule has 0 spiro atoms. The summed E-state index contributed by atoms with van der Waals surface area (Å²) < 4.78 is 1.64. The first-order valence-corrected chi connectivity index (χ1v) is 6.38. The number of nitro groups is 1. The number of hydrogen-bond donors (Lipinski definition) is 1. The van der Waals surface area contributed by atoms with E-state index in [1.165, 1.54) is 6.33 Å². The zero-order chi connectivity index (χ0) is 13.8. The highest BCUT2D eigenvalue weighted by Gasteiger charge is 2.20. The number of hydrogen-bond acceptors (Lipinski definition) is 6. The highest BCUT2D eigenvalue weighted by molar-refractivity contribution is 5.51. The highest BCUT2D eigenvalue weighted by atomic mass is 16.6. The van der Waals surface area contributed by atoms with Crippen LogP contribution in [0.25, 0.3) is 0 Å². The molecule has 1 aromatic heterocycles. The Morgan fingerprint density at radius 1 is 1.37 bits per heavy atom. The maximum atomic E-state index is 10.8. The molecule has 1 aliphatic rings. The third-order valence-electron chi connectivity index (χ3n) is 3.41. The van der Waals surface area contributed by atoms with E-state index in [1.807, 2.05) is 0 Å². The Morgan fingerprint density at radius 2 is 2.05 bits per heavy atom. The van der Waals surface area contributed by atoms with Gasteiger partial charge in [0.2, 0.25) is 12.1 Å². The maximum absolute atomic E-state index is 10.8. The van der Waals surface area contributed by atoms with Gasteiger partial charge in [0.25, 0.3) is 0 Å². The van der Waals surface area contributed by atoms with E-state index >= 15 is 0 Å². The van der Waals surface area contributed by atoms with Crippen LogP contribution in [-0.4, -0.2) is 70.6 Å². The molecular formula is C11H20N6O2. The second-order valence-electron chi connectivity index (χ2n) is 4.86. The molecule has 1 N–H and O–H groups in total. The molecule has 0 aromatic carbocycles. The van der Waals surface area contributed by atoms with Crippen molar-refractivity contribution in [3.63, 3.8) is 0 Å². The lowest BCUT2D eigenvalue weighted by atomic mass is 10.3. The van der Waals surface area contributed by atoms with Gasteiger partial charge in [-0.25, -0.2) is 0 Å². The second kappa shape index (κ2) is 5.98. The third-order valence-corrected chi connectivity index (χ3v) is 3.41. The van der Waals surface area contributed by atoms with Crippen molar-refractivity contribution in [1.82, 2.24) is 19.4 Å². The lowest BCUT2D eigenvalue weighted by molar-refractivity contribution is -0.388. The van der Waals surface area contributed by atoms with Gasteiger partial charge in [-0.05, 0) is 17.0 Å². The molecular weight excluding hydrogens is 248 g/mol. The zero-order valence-electron chi connectivity index (χ0n) is 11.4. The van der Waals surface area contributed by atoms with Gasteiger partial charge in [0.05, 0.1) is 0 Å². The fourth-order valence-electron chi connectivity index (χ4n) is 2.16. The summed E-state index contributed by atoms with van der Waals surface area (Å²) in [5.74, 6) is 0.361. The SMILES string of the molecule is CN1CCN(CCNc2c([N+](=O)[O-])ncn2C)CC1. The molecule has 2 rings (SSSR count). The fourth-order valence-corrected chi connectivity index (χ4v) is 2.16. The van der Waals surface area contributed by atoms with E-state index in [2.05, 4.69) is 27.1 Å². The first kappa shape index (κ1) is 13.8. The average molecular weight is 268 g/mol. The molecule has 2 heterocycles. The molecule has 1 aliphatic heterocycles. The number of anilines is 1. The summed E-state index contributed by atoms with van der Waals surface area (Å²) in [5, 5.41) is 13.9. The molecule has 0 bridgehead atoms. The first-order chi connectivity index (χ1) is 9.08. The summed E-state index contributed by atoms with van der Waals surface area (Å²) in [7, 11) is 3.87. The largest absolute Gasteiger partial charge is 0.406 e. The van der Waals surface area contributed by atoms with Crippen LogP contribution < -0.4 is 5.32 Å². The van der Waals surface area contributed by atoms with E-state index in [4.69, 9.17) is 0 Å². The van der Waals surface area contributed by atoms with Crippen molar-refractivity contribution in [2.45, 2.75) is 0 Å². The molecule has 0 amide bonds. The smallest absolute Gasteiger partial charge is 0.363 e. The normalized spacial score (nSPS) is 17.6. The van der Waals surface area contributed by atoms with Crippen molar-refractivity contribution < 1.29 is 4.92 Å². The quantitative estimate of drug-likeness (QED) is 0.597. The minimum Gasteiger partial charge on any atom is -0.363 e. The molecule has 1 fully saturated rings. The van der Waals surface area contributed by atoms with Crippen LogP contribution in [0.2, 0.25) is 0 Å². The molecule has 0 atom stereocenters. The number of piperazine rings is 1. The molecule has 1 saturated heterocycles. The molecule has 0 unspecified atom stereocenters. The van der Waals surface area contributed by atoms with E-state index in [-0.39, 0.29) is 5.82 Å². The number of aryl methyl sites for hydroxylation is 1. The summed E-state index contributed by atoms with van der Waals surface area (Å²) >= 11 is 0. The summed E-state index contributed by atoms with van der Waals surface area (Å²) in [6.45, 7) is 5.81. The highest BCUT2D eigenvalue weighted by Crippen LogP contribution is 2.20. The number of rotatable bonds is 5. The fraction of sp³-hybridized carbons (Fsp3) is 0.727. The van der Waals surface area contributed by atoms with Crippen molar-refractivity contribution in [3.05, 3.63) is 16.4 Å². The zero-order valence-corrected chi connectivity index (χ0v) is 11.4. The number of imidazole rings is 1. The van der Waals surface area contributed by atoms with Crippen LogP contribution in [0.15, 0.2) is 6.33 Å². The van der Waals surface area contributed by atoms with Gasteiger partial charge in [0.1, 0.15) is 0 Å². The first-order valence-electron chi connectivity index (χ1n) is 6.38. The Balaban J connectivity index is 1.82. The monoisotopic (exact) mass is 268 g/mol. The Hall–Kier alpha value is -1.67. The lowest BCUT2D eigenvalue weighted by Crippen LogP contribution is -2.45. The van der Waals surface area contributed by atoms with Gasteiger partial charge < -0.3 is 20.3 Å². The topological polar surface area (TPSA) is 79.5 Å². The van der Waals surface area contributed by atoms with Crippen LogP contribution in [0.1, 0.15) is 0 Å². The van der Waals surface area contributed by atoms with Crippen molar-refractivity contribution in [3.8, 4) is 0 Å². The second-order valence-corrected chi connectivity index (χ2v) is 4.86. The summed E-state index contributed by atoms with van der Waals surface area (Å²) in [6, 6.07) is 0. The van der Waals surface area contributed by atoms with E-state index < -0.39 is 4.92 Å². The average Bonchev–Trinajstić information content (AvgIpc) is 2.74. The number of nitrogens with zero attached hydrogens (tertiary/aromatic N) is 5. The van der Waals surface area contributed by atoms with E-state index in [0.29, 0.717) is 12.4 Å². The van der Waals surface area contributed by atoms with Gasteiger partial charge in [0.15, 0.2) is 0 Å². The molecule has 0 radical (unpaired) electrons. The Kier molecular flexibility index (Phi) is 4.33. The van der Waals surface area contributed by atoms with Crippen LogP contribution in [0.3, 0.4) is 0 Å². The van der Waals surface area contributed by atoms with Gasteiger partial charge in [-0.3, -0.25) is 9.47 Å². The third kappa shape index (κ3) is 3.42. The lowest BCUT2D eigenvalue weighted by Gasteiger charge is -2.32. The van der Waals surface area contributed by atoms with E-state index in [9.17, 15) is 10.1 Å². The standard InChI is InChI=1S/C11H20N6O2/c1-14-5-7-16(8-6-14)4-3-12-10-11(17(18)19)13-9-15(10)2/h9,12H,3-8H2,1-2H3. The maximum Gasteiger partial charge on any atom is 0.406 e. The van der Waals surface area contributed by atoms with E-state index in [1.54, 1.807) is 11.6 Å². The van der Waals surface area contributed by atoms with Gasteiger partial charge in [0, 0.05) is 46.3 Å². The van der Waals surface area contributed by atoms with Crippen LogP contribution in [-0.2, 0) is 7.05 Å². The molecule has 0 saturated carbocycles. The summed E-state index contributed by atoms with van der Waals surface area (Å²) in [6.07, 6.45) is 1.45. The molecule has 1 aromatic rings. The summed E-state index contributed by atoms with van der Waals surface area (Å²) in [4.78, 5) is 18.8. The van der Waals surface area contributed by atoms with Crippen LogP contribution >= 0.6 is 0 Å². The van der Waals surface area contributed by atoms with Gasteiger partial charge in [-0.2, -0.15) is 0 Å². The minimum atomic E-state index is -0.460. The van der Waals surface area contributed by atoms with Crippen LogP contribution in [0, 0.1) is 10.1 Å². The van der Waals surface area contributed by atoms with Gasteiger partial charge >= 0.3 is 5.82 Å². The molecule has 106 valence electrons. The summed E-state index contributed by atoms with van der Waals surface area (Å²) in [5.41, 5.74) is 0. The van der Waals surface area contributed by atoms with Crippen molar-refractivity contribution in [2.24, 2.45) is 7.05 Å². The van der Waals surface area contributed by atoms with Crippen LogP contribution in [0.4, 0.5) is 11.6 Å². The minimum absolute atomic E-state index is 0.110. The molecule has 8 nitrogen and oxygen atoms in total. The Morgan fingerprint density at radius 3 is 2.68 bits per heavy atom. The molecule has 8 heteroatoms. The Bertz CT molecular complexity index is 438. The predicted octanol–water partition coefficient (Wildman–Crippen LogP) is -0.0124. The molecule has 19 heavy (non-hydrogen) atoms. The Labute approximate surface area is 112 Å². The number of likely N-dealkylation sites (N-methyl/N-ethyl adjacent to an activating group) is 1. The molecule has 0 aliphatic carbocycles. The van der Waals surface area contributed by atoms with Gasteiger partial charge in [-0.1, -0.05) is 0 Å². The number of aromatic nitrogens is 2. The van der Waals surface area contributed by atoms with Crippen LogP contribution in [0.5, 0.6) is 0 Å². The van der Waals surface area contributed by atoms with Gasteiger partial charge in [-0.15, -0.1) is 0 Å². The van der Waals surface area contributed by atoms with Crippen molar-refractivity contribution >= 4 is 11.6 Å². The number of nitrogens with one attached hydrogen (secondary N) is 1. The van der Waals surface area contributed by atoms with Crippen molar-refractivity contribution in [2.75, 3.05) is 51.6 Å². The van der Waals surface area contributed by atoms with E-state index in [0.717, 1.165) is 32.7 Å². The van der Waals surface area contributed by atoms with Crippen molar-refractivity contribution in [1.29, 1.82) is 0 Å². The predicted molar refractivity (Wildman–Crippen MR) is 72.3 cm³/mol.